The van der Waals surface area contributed by atoms with Crippen LogP contribution < -0.4 is 5.32 Å². The molecule has 0 bridgehead atoms. The first-order chi connectivity index (χ1) is 11.1. The Morgan fingerprint density at radius 2 is 1.87 bits per heavy atom. The third-order valence-electron chi connectivity index (χ3n) is 5.76. The number of aliphatic imine (C=N–C) groups is 1. The number of rotatable bonds is 6. The maximum Gasteiger partial charge on any atom is 0.189 e. The summed E-state index contributed by atoms with van der Waals surface area (Å²) in [4.78, 5) is 7.14. The SMILES string of the molecule is CCC(CN1CCCCC1)OC(=NC)C(C)(C)C1CCNCC1. The van der Waals surface area contributed by atoms with E-state index in [1.807, 2.05) is 7.05 Å². The van der Waals surface area contributed by atoms with Crippen LogP contribution in [0.3, 0.4) is 0 Å². The number of hydrogen-bond donors (Lipinski definition) is 1. The minimum absolute atomic E-state index is 0.0339. The zero-order chi connectivity index (χ0) is 16.7. The Labute approximate surface area is 143 Å². The largest absolute Gasteiger partial charge is 0.476 e. The van der Waals surface area contributed by atoms with Gasteiger partial charge in [0.2, 0.25) is 0 Å². The van der Waals surface area contributed by atoms with Crippen molar-refractivity contribution in [2.24, 2.45) is 16.3 Å². The molecule has 0 amide bonds. The van der Waals surface area contributed by atoms with Crippen molar-refractivity contribution in [3.63, 3.8) is 0 Å². The fraction of sp³-hybridized carbons (Fsp3) is 0.947. The molecule has 2 rings (SSSR count). The van der Waals surface area contributed by atoms with Gasteiger partial charge in [0.05, 0.1) is 0 Å². The van der Waals surface area contributed by atoms with E-state index in [9.17, 15) is 0 Å². The van der Waals surface area contributed by atoms with Crippen LogP contribution in [0.25, 0.3) is 0 Å². The van der Waals surface area contributed by atoms with Gasteiger partial charge in [-0.3, -0.25) is 9.89 Å². The molecule has 0 spiro atoms. The molecule has 2 fully saturated rings. The van der Waals surface area contributed by atoms with Gasteiger partial charge in [0.15, 0.2) is 5.90 Å². The molecule has 2 saturated heterocycles. The van der Waals surface area contributed by atoms with Crippen LogP contribution in [0.4, 0.5) is 0 Å². The van der Waals surface area contributed by atoms with E-state index < -0.39 is 0 Å². The Bertz CT molecular complexity index is 369. The summed E-state index contributed by atoms with van der Waals surface area (Å²) < 4.78 is 6.46. The summed E-state index contributed by atoms with van der Waals surface area (Å²) in [5.41, 5.74) is 0.0339. The number of hydrogen-bond acceptors (Lipinski definition) is 4. The average molecular weight is 324 g/mol. The van der Waals surface area contributed by atoms with Crippen LogP contribution in [0.1, 0.15) is 59.3 Å². The molecule has 0 radical (unpaired) electrons. The molecule has 1 unspecified atom stereocenters. The molecule has 23 heavy (non-hydrogen) atoms. The summed E-state index contributed by atoms with van der Waals surface area (Å²) in [6.45, 7) is 12.6. The van der Waals surface area contributed by atoms with E-state index in [-0.39, 0.29) is 11.5 Å². The molecule has 4 heteroatoms. The van der Waals surface area contributed by atoms with Gasteiger partial charge in [-0.15, -0.1) is 0 Å². The maximum atomic E-state index is 6.46. The summed E-state index contributed by atoms with van der Waals surface area (Å²) >= 11 is 0. The zero-order valence-corrected chi connectivity index (χ0v) is 15.7. The van der Waals surface area contributed by atoms with Crippen molar-refractivity contribution >= 4 is 5.90 Å². The van der Waals surface area contributed by atoms with Crippen LogP contribution in [0.5, 0.6) is 0 Å². The maximum absolute atomic E-state index is 6.46. The zero-order valence-electron chi connectivity index (χ0n) is 15.7. The van der Waals surface area contributed by atoms with Gasteiger partial charge in [-0.05, 0) is 64.2 Å². The second-order valence-corrected chi connectivity index (χ2v) is 7.78. The van der Waals surface area contributed by atoms with Gasteiger partial charge in [0.1, 0.15) is 6.10 Å². The molecule has 2 aliphatic heterocycles. The molecule has 0 aromatic heterocycles. The van der Waals surface area contributed by atoms with Crippen LogP contribution in [0, 0.1) is 11.3 Å². The van der Waals surface area contributed by atoms with Gasteiger partial charge in [-0.25, -0.2) is 0 Å². The normalized spacial score (nSPS) is 23.7. The lowest BCUT2D eigenvalue weighted by atomic mass is 9.73. The lowest BCUT2D eigenvalue weighted by Gasteiger charge is -2.39. The standard InChI is InChI=1S/C19H37N3O/c1-5-17(15-22-13-7-6-8-14-22)23-18(20-4)19(2,3)16-9-11-21-12-10-16/h16-17,21H,5-15H2,1-4H3. The Hall–Kier alpha value is -0.610. The van der Waals surface area contributed by atoms with Crippen LogP contribution in [-0.4, -0.2) is 56.7 Å². The van der Waals surface area contributed by atoms with Crippen molar-refractivity contribution in [2.75, 3.05) is 39.8 Å². The third kappa shape index (κ3) is 5.18. The smallest absolute Gasteiger partial charge is 0.189 e. The number of ether oxygens (including phenoxy) is 1. The van der Waals surface area contributed by atoms with Crippen molar-refractivity contribution < 1.29 is 4.74 Å². The molecule has 134 valence electrons. The van der Waals surface area contributed by atoms with E-state index >= 15 is 0 Å². The molecule has 0 aliphatic carbocycles. The second-order valence-electron chi connectivity index (χ2n) is 7.78. The van der Waals surface area contributed by atoms with Crippen molar-refractivity contribution in [1.29, 1.82) is 0 Å². The first-order valence-electron chi connectivity index (χ1n) is 9.65. The van der Waals surface area contributed by atoms with Crippen LogP contribution in [0.2, 0.25) is 0 Å². The Balaban J connectivity index is 1.95. The van der Waals surface area contributed by atoms with Crippen LogP contribution in [0.15, 0.2) is 4.99 Å². The summed E-state index contributed by atoms with van der Waals surface area (Å²) in [5.74, 6) is 1.63. The van der Waals surface area contributed by atoms with Crippen molar-refractivity contribution in [3.05, 3.63) is 0 Å². The number of likely N-dealkylation sites (tertiary alicyclic amines) is 1. The molecule has 2 aliphatic rings. The lowest BCUT2D eigenvalue weighted by molar-refractivity contribution is 0.0835. The fourth-order valence-corrected chi connectivity index (χ4v) is 4.05. The van der Waals surface area contributed by atoms with E-state index in [4.69, 9.17) is 4.74 Å². The number of nitrogens with zero attached hydrogens (tertiary/aromatic N) is 2. The minimum atomic E-state index is 0.0339. The second kappa shape index (κ2) is 9.03. The van der Waals surface area contributed by atoms with Crippen LogP contribution >= 0.6 is 0 Å². The van der Waals surface area contributed by atoms with Gasteiger partial charge >= 0.3 is 0 Å². The van der Waals surface area contributed by atoms with Crippen molar-refractivity contribution in [2.45, 2.75) is 65.4 Å². The molecule has 2 heterocycles. The summed E-state index contributed by atoms with van der Waals surface area (Å²) in [5, 5.41) is 3.46. The van der Waals surface area contributed by atoms with Crippen molar-refractivity contribution in [3.8, 4) is 0 Å². The summed E-state index contributed by atoms with van der Waals surface area (Å²) in [6.07, 6.45) is 7.83. The van der Waals surface area contributed by atoms with Gasteiger partial charge in [-0.1, -0.05) is 27.2 Å². The molecular formula is C19H37N3O. The first-order valence-corrected chi connectivity index (χ1v) is 9.65. The lowest BCUT2D eigenvalue weighted by Crippen LogP contribution is -2.44. The first kappa shape index (κ1) is 18.7. The Kier molecular flexibility index (Phi) is 7.35. The van der Waals surface area contributed by atoms with E-state index in [1.54, 1.807) is 0 Å². The van der Waals surface area contributed by atoms with E-state index in [0.29, 0.717) is 5.92 Å². The molecule has 0 aromatic carbocycles. The molecule has 1 atom stereocenters. The quantitative estimate of drug-likeness (QED) is 0.602. The van der Waals surface area contributed by atoms with E-state index in [0.717, 1.165) is 32.0 Å². The monoisotopic (exact) mass is 323 g/mol. The molecule has 0 aromatic rings. The van der Waals surface area contributed by atoms with Gasteiger partial charge in [-0.2, -0.15) is 0 Å². The topological polar surface area (TPSA) is 36.9 Å². The molecule has 0 saturated carbocycles. The molecule has 4 nitrogen and oxygen atoms in total. The van der Waals surface area contributed by atoms with Crippen LogP contribution in [-0.2, 0) is 4.74 Å². The molecular weight excluding hydrogens is 286 g/mol. The number of piperidine rings is 2. The highest BCUT2D eigenvalue weighted by molar-refractivity contribution is 5.82. The highest BCUT2D eigenvalue weighted by atomic mass is 16.5. The van der Waals surface area contributed by atoms with Gasteiger partial charge in [0.25, 0.3) is 0 Å². The average Bonchev–Trinajstić information content (AvgIpc) is 2.60. The number of nitrogens with one attached hydrogen (secondary N) is 1. The van der Waals surface area contributed by atoms with Gasteiger partial charge in [0, 0.05) is 19.0 Å². The third-order valence-corrected chi connectivity index (χ3v) is 5.76. The molecule has 1 N–H and O–H groups in total. The highest BCUT2D eigenvalue weighted by Crippen LogP contribution is 2.35. The summed E-state index contributed by atoms with van der Waals surface area (Å²) in [6, 6.07) is 0. The Morgan fingerprint density at radius 1 is 1.22 bits per heavy atom. The fourth-order valence-electron chi connectivity index (χ4n) is 4.05. The highest BCUT2D eigenvalue weighted by Gasteiger charge is 2.37. The predicted molar refractivity (Wildman–Crippen MR) is 98.2 cm³/mol. The van der Waals surface area contributed by atoms with Gasteiger partial charge < -0.3 is 10.1 Å². The van der Waals surface area contributed by atoms with E-state index in [1.165, 1.54) is 45.2 Å². The predicted octanol–water partition coefficient (Wildman–Crippen LogP) is 3.32. The minimum Gasteiger partial charge on any atom is -0.476 e. The summed E-state index contributed by atoms with van der Waals surface area (Å²) in [7, 11) is 1.89. The van der Waals surface area contributed by atoms with Crippen molar-refractivity contribution in [1.82, 2.24) is 10.2 Å². The van der Waals surface area contributed by atoms with E-state index in [2.05, 4.69) is 36.0 Å². The Morgan fingerprint density at radius 3 is 2.43 bits per heavy atom.